The van der Waals surface area contributed by atoms with Gasteiger partial charge in [-0.1, -0.05) is 56.2 Å². The largest absolute Gasteiger partial charge is 0.462 e. The van der Waals surface area contributed by atoms with Gasteiger partial charge in [-0.25, -0.2) is 4.79 Å². The Morgan fingerprint density at radius 3 is 1.45 bits per heavy atom. The van der Waals surface area contributed by atoms with Gasteiger partial charge in [-0.2, -0.15) is 0 Å². The van der Waals surface area contributed by atoms with E-state index in [1.165, 1.54) is 43.2 Å². The summed E-state index contributed by atoms with van der Waals surface area (Å²) in [6.45, 7) is 21.8. The molecular formula is C26H37O2S+. The van der Waals surface area contributed by atoms with Gasteiger partial charge in [0.05, 0.1) is 17.5 Å². The maximum Gasteiger partial charge on any atom is 0.360 e. The summed E-state index contributed by atoms with van der Waals surface area (Å²) < 4.78 is 5.63. The average molecular weight is 414 g/mol. The first-order valence-corrected chi connectivity index (χ1v) is 11.7. The molecule has 2 aromatic rings. The maximum absolute atomic E-state index is 13.3. The standard InChI is InChI=1S/C26H37O2S/c1-11-28-25(27)24(26(8,9)10)29(22-18(4)12-16(2)13-19(22)5)23-20(6)14-17(3)15-21(23)7/h12-15,24H,11H2,1-10H3/q+1. The highest BCUT2D eigenvalue weighted by atomic mass is 32.2. The van der Waals surface area contributed by atoms with Gasteiger partial charge in [0.1, 0.15) is 0 Å². The van der Waals surface area contributed by atoms with Gasteiger partial charge in [-0.15, -0.1) is 0 Å². The molecule has 0 amide bonds. The molecule has 0 spiro atoms. The minimum Gasteiger partial charge on any atom is -0.462 e. The van der Waals surface area contributed by atoms with Crippen LogP contribution in [0.3, 0.4) is 0 Å². The Kier molecular flexibility index (Phi) is 7.27. The normalized spacial score (nSPS) is 12.9. The summed E-state index contributed by atoms with van der Waals surface area (Å²) in [6, 6.07) is 8.97. The number of benzene rings is 2. The Hall–Kier alpha value is -1.74. The zero-order valence-electron chi connectivity index (χ0n) is 19.8. The molecule has 1 atom stereocenters. The number of rotatable bonds is 5. The van der Waals surface area contributed by atoms with Crippen LogP contribution < -0.4 is 0 Å². The van der Waals surface area contributed by atoms with E-state index >= 15 is 0 Å². The van der Waals surface area contributed by atoms with Crippen molar-refractivity contribution < 1.29 is 9.53 Å². The van der Waals surface area contributed by atoms with Gasteiger partial charge in [0.25, 0.3) is 0 Å². The summed E-state index contributed by atoms with van der Waals surface area (Å²) in [5.41, 5.74) is 7.30. The number of aryl methyl sites for hydroxylation is 6. The quantitative estimate of drug-likeness (QED) is 0.410. The molecule has 0 aliphatic carbocycles. The zero-order valence-corrected chi connectivity index (χ0v) is 20.6. The van der Waals surface area contributed by atoms with E-state index in [4.69, 9.17) is 4.74 Å². The van der Waals surface area contributed by atoms with E-state index in [1.54, 1.807) is 0 Å². The molecule has 0 aliphatic rings. The second kappa shape index (κ2) is 8.95. The number of esters is 1. The molecule has 0 radical (unpaired) electrons. The van der Waals surface area contributed by atoms with E-state index in [0.29, 0.717) is 6.61 Å². The van der Waals surface area contributed by atoms with Crippen molar-refractivity contribution in [2.75, 3.05) is 6.61 Å². The van der Waals surface area contributed by atoms with E-state index in [-0.39, 0.29) is 16.6 Å². The monoisotopic (exact) mass is 413 g/mol. The first-order chi connectivity index (χ1) is 13.4. The van der Waals surface area contributed by atoms with Crippen molar-refractivity contribution in [3.8, 4) is 0 Å². The lowest BCUT2D eigenvalue weighted by molar-refractivity contribution is -0.144. The Bertz CT molecular complexity index is 802. The zero-order chi connectivity index (χ0) is 22.1. The van der Waals surface area contributed by atoms with Crippen molar-refractivity contribution in [2.45, 2.75) is 84.3 Å². The van der Waals surface area contributed by atoms with Crippen molar-refractivity contribution in [2.24, 2.45) is 5.41 Å². The van der Waals surface area contributed by atoms with E-state index < -0.39 is 10.9 Å². The first-order valence-electron chi connectivity index (χ1n) is 10.4. The lowest BCUT2D eigenvalue weighted by Gasteiger charge is -2.30. The molecule has 0 saturated heterocycles. The summed E-state index contributed by atoms with van der Waals surface area (Å²) in [4.78, 5) is 15.9. The molecule has 1 unspecified atom stereocenters. The molecule has 2 nitrogen and oxygen atoms in total. The molecule has 0 N–H and O–H groups in total. The van der Waals surface area contributed by atoms with E-state index in [9.17, 15) is 4.79 Å². The molecule has 2 aromatic carbocycles. The van der Waals surface area contributed by atoms with Crippen LogP contribution in [0.25, 0.3) is 0 Å². The highest BCUT2D eigenvalue weighted by Gasteiger charge is 2.51. The Balaban J connectivity index is 2.92. The number of carbonyl (C=O) groups is 1. The maximum atomic E-state index is 13.3. The first kappa shape index (κ1) is 23.5. The molecule has 0 saturated carbocycles. The summed E-state index contributed by atoms with van der Waals surface area (Å²) in [6.07, 6.45) is 0. The van der Waals surface area contributed by atoms with Crippen molar-refractivity contribution in [1.82, 2.24) is 0 Å². The number of carbonyl (C=O) groups excluding carboxylic acids is 1. The van der Waals surface area contributed by atoms with Gasteiger partial charge in [0.15, 0.2) is 9.79 Å². The van der Waals surface area contributed by atoms with Crippen LogP contribution in [0.5, 0.6) is 0 Å². The fourth-order valence-electron chi connectivity index (χ4n) is 4.39. The van der Waals surface area contributed by atoms with Crippen LogP contribution in [0.15, 0.2) is 34.1 Å². The minimum atomic E-state index is -0.427. The average Bonchev–Trinajstić information content (AvgIpc) is 2.51. The molecule has 0 aliphatic heterocycles. The Morgan fingerprint density at radius 1 is 0.828 bits per heavy atom. The van der Waals surface area contributed by atoms with Crippen molar-refractivity contribution >= 4 is 16.9 Å². The SMILES string of the molecule is CCOC(=O)C([S+](c1c(C)cc(C)cc1C)c1c(C)cc(C)cc1C)C(C)(C)C. The second-order valence-corrected chi connectivity index (χ2v) is 11.3. The van der Waals surface area contributed by atoms with Crippen LogP contribution in [-0.2, 0) is 20.4 Å². The van der Waals surface area contributed by atoms with Gasteiger partial charge in [0.2, 0.25) is 5.25 Å². The van der Waals surface area contributed by atoms with Crippen molar-refractivity contribution in [3.05, 3.63) is 57.6 Å². The molecule has 0 bridgehead atoms. The fourth-order valence-corrected chi connectivity index (χ4v) is 7.65. The Labute approximate surface area is 180 Å². The summed E-state index contributed by atoms with van der Waals surface area (Å²) in [5.74, 6) is -0.0953. The van der Waals surface area contributed by atoms with Gasteiger partial charge in [-0.3, -0.25) is 0 Å². The third-order valence-corrected chi connectivity index (χ3v) is 8.71. The van der Waals surface area contributed by atoms with Crippen LogP contribution in [0, 0.1) is 47.0 Å². The lowest BCUT2D eigenvalue weighted by Crippen LogP contribution is -2.43. The van der Waals surface area contributed by atoms with E-state index in [1.807, 2.05) is 6.92 Å². The van der Waals surface area contributed by atoms with Crippen LogP contribution in [0.1, 0.15) is 61.1 Å². The summed E-state index contributed by atoms with van der Waals surface area (Å²) >= 11 is 0. The van der Waals surface area contributed by atoms with E-state index in [0.717, 1.165) is 0 Å². The third-order valence-electron chi connectivity index (χ3n) is 5.17. The molecule has 0 heterocycles. The van der Waals surface area contributed by atoms with Crippen LogP contribution in [-0.4, -0.2) is 17.8 Å². The lowest BCUT2D eigenvalue weighted by atomic mass is 9.92. The Morgan fingerprint density at radius 2 is 1.17 bits per heavy atom. The predicted octanol–water partition coefficient (Wildman–Crippen LogP) is 6.55. The molecule has 2 rings (SSSR count). The van der Waals surface area contributed by atoms with Gasteiger partial charge in [-0.05, 0) is 48.5 Å². The van der Waals surface area contributed by atoms with Crippen LogP contribution >= 0.6 is 0 Å². The smallest absolute Gasteiger partial charge is 0.360 e. The number of ether oxygens (including phenoxy) is 1. The fraction of sp³-hybridized carbons (Fsp3) is 0.500. The number of hydrogen-bond donors (Lipinski definition) is 0. The predicted molar refractivity (Wildman–Crippen MR) is 125 cm³/mol. The van der Waals surface area contributed by atoms with Crippen LogP contribution in [0.4, 0.5) is 0 Å². The highest BCUT2D eigenvalue weighted by Crippen LogP contribution is 2.43. The van der Waals surface area contributed by atoms with Crippen molar-refractivity contribution in [1.29, 1.82) is 0 Å². The highest BCUT2D eigenvalue weighted by molar-refractivity contribution is 7.98. The number of hydrogen-bond acceptors (Lipinski definition) is 2. The van der Waals surface area contributed by atoms with Crippen molar-refractivity contribution in [3.63, 3.8) is 0 Å². The second-order valence-electron chi connectivity index (χ2n) is 9.29. The van der Waals surface area contributed by atoms with Gasteiger partial charge >= 0.3 is 5.97 Å². The molecule has 0 aromatic heterocycles. The molecular weight excluding hydrogens is 376 g/mol. The van der Waals surface area contributed by atoms with E-state index in [2.05, 4.69) is 86.6 Å². The minimum absolute atomic E-state index is 0.0953. The van der Waals surface area contributed by atoms with Gasteiger partial charge < -0.3 is 4.74 Å². The molecule has 0 fully saturated rings. The molecule has 29 heavy (non-hydrogen) atoms. The van der Waals surface area contributed by atoms with Gasteiger partial charge in [0, 0.05) is 27.7 Å². The third kappa shape index (κ3) is 5.06. The topological polar surface area (TPSA) is 26.3 Å². The molecule has 158 valence electrons. The summed E-state index contributed by atoms with van der Waals surface area (Å²) in [5, 5.41) is -0.248. The molecule has 3 heteroatoms. The van der Waals surface area contributed by atoms with Crippen LogP contribution in [0.2, 0.25) is 0 Å². The summed E-state index contributed by atoms with van der Waals surface area (Å²) in [7, 11) is -0.427.